The fourth-order valence-electron chi connectivity index (χ4n) is 2.31. The van der Waals surface area contributed by atoms with Gasteiger partial charge in [-0.3, -0.25) is 0 Å². The first kappa shape index (κ1) is 10.7. The minimum atomic E-state index is -0.944. The number of aryl methyl sites for hydroxylation is 1. The Morgan fingerprint density at radius 1 is 1.28 bits per heavy atom. The van der Waals surface area contributed by atoms with Gasteiger partial charge in [0.2, 0.25) is 0 Å². The van der Waals surface area contributed by atoms with Gasteiger partial charge >= 0.3 is 5.97 Å². The Morgan fingerprint density at radius 2 is 2.06 bits per heavy atom. The van der Waals surface area contributed by atoms with Gasteiger partial charge in [-0.2, -0.15) is 0 Å². The Bertz CT molecular complexity index is 737. The van der Waals surface area contributed by atoms with Crippen molar-refractivity contribution < 1.29 is 9.90 Å². The quantitative estimate of drug-likeness (QED) is 0.723. The molecular weight excluding hydrogens is 228 g/mol. The zero-order chi connectivity index (χ0) is 12.7. The molecule has 0 aliphatic carbocycles. The number of carboxylic acid groups (broad SMARTS) is 1. The van der Waals surface area contributed by atoms with Crippen molar-refractivity contribution in [3.63, 3.8) is 0 Å². The van der Waals surface area contributed by atoms with Crippen LogP contribution in [0.4, 0.5) is 0 Å². The standard InChI is InChI=1S/C14H12N2O2/c1-16-11-5-3-2-4-9(11)8-12(16)10-6-7-15-13(10)14(17)18/h2-8,15H,1H3,(H,17,18). The summed E-state index contributed by atoms with van der Waals surface area (Å²) in [6, 6.07) is 11.8. The number of carboxylic acids is 1. The molecule has 0 radical (unpaired) electrons. The van der Waals surface area contributed by atoms with Crippen molar-refractivity contribution in [2.45, 2.75) is 0 Å². The smallest absolute Gasteiger partial charge is 0.353 e. The van der Waals surface area contributed by atoms with Crippen LogP contribution in [0.2, 0.25) is 0 Å². The van der Waals surface area contributed by atoms with Gasteiger partial charge in [0, 0.05) is 29.7 Å². The number of nitrogens with zero attached hydrogens (tertiary/aromatic N) is 1. The van der Waals surface area contributed by atoms with Gasteiger partial charge < -0.3 is 14.7 Å². The lowest BCUT2D eigenvalue weighted by Gasteiger charge is -2.03. The largest absolute Gasteiger partial charge is 0.477 e. The number of benzene rings is 1. The van der Waals surface area contributed by atoms with Crippen molar-refractivity contribution in [1.82, 2.24) is 9.55 Å². The van der Waals surface area contributed by atoms with E-state index in [1.165, 1.54) is 0 Å². The molecule has 0 spiro atoms. The number of aromatic nitrogens is 2. The molecule has 4 heteroatoms. The first-order chi connectivity index (χ1) is 8.68. The summed E-state index contributed by atoms with van der Waals surface area (Å²) in [5, 5.41) is 10.2. The summed E-state index contributed by atoms with van der Waals surface area (Å²) < 4.78 is 2.00. The molecule has 0 aliphatic heterocycles. The van der Waals surface area contributed by atoms with E-state index >= 15 is 0 Å². The second kappa shape index (κ2) is 3.77. The number of H-pyrrole nitrogens is 1. The molecule has 2 N–H and O–H groups in total. The molecule has 0 aliphatic rings. The molecule has 0 saturated carbocycles. The molecule has 0 saturated heterocycles. The highest BCUT2D eigenvalue weighted by Crippen LogP contribution is 2.29. The molecule has 1 aromatic carbocycles. The number of nitrogens with one attached hydrogen (secondary N) is 1. The number of para-hydroxylation sites is 1. The van der Waals surface area contributed by atoms with E-state index in [0.29, 0.717) is 5.56 Å². The maximum absolute atomic E-state index is 11.1. The molecule has 0 bridgehead atoms. The summed E-state index contributed by atoms with van der Waals surface area (Å²) in [6.45, 7) is 0. The highest BCUT2D eigenvalue weighted by atomic mass is 16.4. The number of carbonyl (C=O) groups is 1. The second-order valence-electron chi connectivity index (χ2n) is 4.22. The fourth-order valence-corrected chi connectivity index (χ4v) is 2.31. The third-order valence-corrected chi connectivity index (χ3v) is 3.19. The van der Waals surface area contributed by atoms with Crippen LogP contribution in [0.5, 0.6) is 0 Å². The minimum absolute atomic E-state index is 0.223. The Labute approximate surface area is 103 Å². The van der Waals surface area contributed by atoms with E-state index in [1.807, 2.05) is 41.9 Å². The summed E-state index contributed by atoms with van der Waals surface area (Å²) in [5.41, 5.74) is 2.92. The molecule has 4 nitrogen and oxygen atoms in total. The predicted octanol–water partition coefficient (Wildman–Crippen LogP) is 2.87. The van der Waals surface area contributed by atoms with Gasteiger partial charge in [0.15, 0.2) is 0 Å². The van der Waals surface area contributed by atoms with E-state index in [0.717, 1.165) is 16.6 Å². The Balaban J connectivity index is 2.29. The molecule has 0 amide bonds. The summed E-state index contributed by atoms with van der Waals surface area (Å²) >= 11 is 0. The van der Waals surface area contributed by atoms with Crippen molar-refractivity contribution in [1.29, 1.82) is 0 Å². The Hall–Kier alpha value is -2.49. The number of aromatic amines is 1. The first-order valence-corrected chi connectivity index (χ1v) is 5.64. The van der Waals surface area contributed by atoms with Gasteiger partial charge in [-0.05, 0) is 18.2 Å². The number of aromatic carboxylic acids is 1. The van der Waals surface area contributed by atoms with E-state index < -0.39 is 5.97 Å². The Morgan fingerprint density at radius 3 is 2.78 bits per heavy atom. The van der Waals surface area contributed by atoms with Gasteiger partial charge in [-0.1, -0.05) is 18.2 Å². The van der Waals surface area contributed by atoms with Crippen LogP contribution in [0.1, 0.15) is 10.5 Å². The van der Waals surface area contributed by atoms with Gasteiger partial charge in [0.1, 0.15) is 5.69 Å². The molecule has 3 aromatic rings. The lowest BCUT2D eigenvalue weighted by Crippen LogP contribution is -2.00. The van der Waals surface area contributed by atoms with Crippen LogP contribution in [0.3, 0.4) is 0 Å². The maximum atomic E-state index is 11.1. The molecule has 0 unspecified atom stereocenters. The number of fused-ring (bicyclic) bond motifs is 1. The second-order valence-corrected chi connectivity index (χ2v) is 4.22. The normalized spacial score (nSPS) is 10.9. The summed E-state index contributed by atoms with van der Waals surface area (Å²) in [7, 11) is 1.94. The average Bonchev–Trinajstić information content (AvgIpc) is 2.94. The Kier molecular flexibility index (Phi) is 2.23. The third kappa shape index (κ3) is 1.43. The molecule has 90 valence electrons. The van der Waals surface area contributed by atoms with E-state index in [1.54, 1.807) is 12.3 Å². The minimum Gasteiger partial charge on any atom is -0.477 e. The fraction of sp³-hybridized carbons (Fsp3) is 0.0714. The van der Waals surface area contributed by atoms with Crippen LogP contribution in [-0.4, -0.2) is 20.6 Å². The number of rotatable bonds is 2. The molecule has 18 heavy (non-hydrogen) atoms. The molecular formula is C14H12N2O2. The van der Waals surface area contributed by atoms with Gasteiger partial charge in [0.25, 0.3) is 0 Å². The van der Waals surface area contributed by atoms with Crippen LogP contribution in [0.25, 0.3) is 22.2 Å². The number of hydrogen-bond donors (Lipinski definition) is 2. The van der Waals surface area contributed by atoms with Gasteiger partial charge in [0.05, 0.1) is 5.69 Å². The highest BCUT2D eigenvalue weighted by molar-refractivity contribution is 5.96. The SMILES string of the molecule is Cn1c(-c2cc[nH]c2C(=O)O)cc2ccccc21. The van der Waals surface area contributed by atoms with Crippen LogP contribution in [0.15, 0.2) is 42.6 Å². The van der Waals surface area contributed by atoms with Crippen molar-refractivity contribution in [2.24, 2.45) is 7.05 Å². The summed E-state index contributed by atoms with van der Waals surface area (Å²) in [5.74, 6) is -0.944. The van der Waals surface area contributed by atoms with Gasteiger partial charge in [-0.15, -0.1) is 0 Å². The zero-order valence-corrected chi connectivity index (χ0v) is 9.84. The average molecular weight is 240 g/mol. The lowest BCUT2D eigenvalue weighted by molar-refractivity contribution is 0.0692. The lowest BCUT2D eigenvalue weighted by atomic mass is 10.1. The molecule has 2 heterocycles. The zero-order valence-electron chi connectivity index (χ0n) is 9.84. The van der Waals surface area contributed by atoms with Crippen molar-refractivity contribution in [2.75, 3.05) is 0 Å². The first-order valence-electron chi connectivity index (χ1n) is 5.64. The van der Waals surface area contributed by atoms with Crippen molar-refractivity contribution in [3.05, 3.63) is 48.3 Å². The van der Waals surface area contributed by atoms with Crippen molar-refractivity contribution >= 4 is 16.9 Å². The van der Waals surface area contributed by atoms with Crippen LogP contribution >= 0.6 is 0 Å². The predicted molar refractivity (Wildman–Crippen MR) is 69.7 cm³/mol. The monoisotopic (exact) mass is 240 g/mol. The van der Waals surface area contributed by atoms with E-state index in [2.05, 4.69) is 4.98 Å². The summed E-state index contributed by atoms with van der Waals surface area (Å²) in [6.07, 6.45) is 1.65. The van der Waals surface area contributed by atoms with Gasteiger partial charge in [-0.25, -0.2) is 4.79 Å². The maximum Gasteiger partial charge on any atom is 0.353 e. The topological polar surface area (TPSA) is 58.0 Å². The summed E-state index contributed by atoms with van der Waals surface area (Å²) in [4.78, 5) is 13.9. The molecule has 2 aromatic heterocycles. The molecule has 3 rings (SSSR count). The van der Waals surface area contributed by atoms with E-state index in [4.69, 9.17) is 5.11 Å². The number of hydrogen-bond acceptors (Lipinski definition) is 1. The molecule has 0 fully saturated rings. The highest BCUT2D eigenvalue weighted by Gasteiger charge is 2.16. The van der Waals surface area contributed by atoms with Crippen LogP contribution in [0, 0.1) is 0 Å². The van der Waals surface area contributed by atoms with E-state index in [-0.39, 0.29) is 5.69 Å². The van der Waals surface area contributed by atoms with Crippen LogP contribution < -0.4 is 0 Å². The van der Waals surface area contributed by atoms with E-state index in [9.17, 15) is 4.79 Å². The third-order valence-electron chi connectivity index (χ3n) is 3.19. The van der Waals surface area contributed by atoms with Crippen LogP contribution in [-0.2, 0) is 7.05 Å². The molecule has 0 atom stereocenters. The van der Waals surface area contributed by atoms with Crippen molar-refractivity contribution in [3.8, 4) is 11.3 Å².